The molecular weight excluding hydrogens is 386 g/mol. The molecule has 1 aliphatic carbocycles. The minimum atomic E-state index is -0.769. The molecule has 0 radical (unpaired) electrons. The van der Waals surface area contributed by atoms with E-state index < -0.39 is 23.5 Å². The van der Waals surface area contributed by atoms with Crippen LogP contribution in [0.15, 0.2) is 17.4 Å². The first kappa shape index (κ1) is 21.7. The van der Waals surface area contributed by atoms with E-state index in [1.165, 1.54) is 7.05 Å². The van der Waals surface area contributed by atoms with Gasteiger partial charge in [0.25, 0.3) is 0 Å². The van der Waals surface area contributed by atoms with Crippen LogP contribution in [0.4, 0.5) is 4.79 Å². The summed E-state index contributed by atoms with van der Waals surface area (Å²) in [6.45, 7) is 5.83. The maximum atomic E-state index is 12.0. The molecule has 3 rings (SSSR count). The quantitative estimate of drug-likeness (QED) is 0.647. The van der Waals surface area contributed by atoms with Crippen LogP contribution in [0, 0.1) is 19.8 Å². The third kappa shape index (κ3) is 4.60. The van der Waals surface area contributed by atoms with Crippen molar-refractivity contribution < 1.29 is 19.1 Å². The van der Waals surface area contributed by atoms with Crippen LogP contribution in [0.1, 0.15) is 55.8 Å². The SMILES string of the molecule is CNC(=O)C(=O)N[C@@H](C)CC1CCC2(CC1)OC(=O)NN=C2c1cnc(C)cc1C. The van der Waals surface area contributed by atoms with Crippen molar-refractivity contribution in [3.8, 4) is 0 Å². The van der Waals surface area contributed by atoms with Crippen molar-refractivity contribution in [2.75, 3.05) is 7.05 Å². The molecule has 9 nitrogen and oxygen atoms in total. The van der Waals surface area contributed by atoms with Crippen LogP contribution in [-0.4, -0.2) is 47.3 Å². The highest BCUT2D eigenvalue weighted by Gasteiger charge is 2.46. The van der Waals surface area contributed by atoms with Crippen molar-refractivity contribution in [2.45, 2.75) is 64.5 Å². The monoisotopic (exact) mass is 415 g/mol. The van der Waals surface area contributed by atoms with E-state index in [0.29, 0.717) is 24.5 Å². The summed E-state index contributed by atoms with van der Waals surface area (Å²) in [6, 6.07) is 1.87. The number of aryl methyl sites for hydroxylation is 2. The fraction of sp³-hybridized carbons (Fsp3) is 0.571. The van der Waals surface area contributed by atoms with Gasteiger partial charge in [-0.25, -0.2) is 10.2 Å². The van der Waals surface area contributed by atoms with Gasteiger partial charge in [-0.2, -0.15) is 5.10 Å². The van der Waals surface area contributed by atoms with Crippen LogP contribution < -0.4 is 16.1 Å². The molecular formula is C21H29N5O4. The van der Waals surface area contributed by atoms with Crippen molar-refractivity contribution in [1.82, 2.24) is 21.0 Å². The third-order valence-corrected chi connectivity index (χ3v) is 5.89. The maximum Gasteiger partial charge on any atom is 0.428 e. The molecule has 0 saturated heterocycles. The number of nitrogens with one attached hydrogen (secondary N) is 3. The maximum absolute atomic E-state index is 12.0. The van der Waals surface area contributed by atoms with E-state index in [-0.39, 0.29) is 6.04 Å². The fourth-order valence-electron chi connectivity index (χ4n) is 4.38. The molecule has 9 heteroatoms. The predicted octanol–water partition coefficient (Wildman–Crippen LogP) is 1.71. The lowest BCUT2D eigenvalue weighted by Crippen LogP contribution is -2.53. The van der Waals surface area contributed by atoms with Crippen LogP contribution in [0.3, 0.4) is 0 Å². The minimum absolute atomic E-state index is 0.124. The van der Waals surface area contributed by atoms with Crippen molar-refractivity contribution in [2.24, 2.45) is 11.0 Å². The summed E-state index contributed by atoms with van der Waals surface area (Å²) < 4.78 is 5.80. The number of rotatable bonds is 4. The number of carbonyl (C=O) groups is 3. The van der Waals surface area contributed by atoms with Gasteiger partial charge in [-0.05, 0) is 70.4 Å². The Balaban J connectivity index is 1.69. The van der Waals surface area contributed by atoms with Gasteiger partial charge in [0, 0.05) is 30.5 Å². The molecule has 1 aromatic heterocycles. The first-order valence-electron chi connectivity index (χ1n) is 10.3. The Hall–Kier alpha value is -2.97. The Labute approximate surface area is 176 Å². The Kier molecular flexibility index (Phi) is 6.38. The topological polar surface area (TPSA) is 122 Å². The molecule has 2 heterocycles. The number of amides is 3. The number of hydrogen-bond acceptors (Lipinski definition) is 6. The summed E-state index contributed by atoms with van der Waals surface area (Å²) in [6.07, 6.45) is 4.94. The zero-order valence-corrected chi connectivity index (χ0v) is 17.9. The van der Waals surface area contributed by atoms with Crippen molar-refractivity contribution in [3.05, 3.63) is 29.1 Å². The van der Waals surface area contributed by atoms with Crippen LogP contribution >= 0.6 is 0 Å². The molecule has 1 spiro atoms. The van der Waals surface area contributed by atoms with Crippen molar-refractivity contribution in [1.29, 1.82) is 0 Å². The Morgan fingerprint density at radius 3 is 2.63 bits per heavy atom. The van der Waals surface area contributed by atoms with E-state index in [4.69, 9.17) is 4.74 Å². The first-order valence-corrected chi connectivity index (χ1v) is 10.3. The number of pyridine rings is 1. The number of ether oxygens (including phenoxy) is 1. The molecule has 0 aromatic carbocycles. The Bertz CT molecular complexity index is 874. The zero-order chi connectivity index (χ0) is 21.9. The Morgan fingerprint density at radius 1 is 1.30 bits per heavy atom. The van der Waals surface area contributed by atoms with Crippen LogP contribution in [-0.2, 0) is 14.3 Å². The second kappa shape index (κ2) is 8.81. The summed E-state index contributed by atoms with van der Waals surface area (Å²) in [5.74, 6) is -0.919. The largest absolute Gasteiger partial charge is 0.435 e. The standard InChI is InChI=1S/C21H29N5O4/c1-12-9-13(2)23-11-16(12)17-21(30-20(29)26-25-17)7-5-15(6-8-21)10-14(3)24-19(28)18(27)22-4/h9,11,14-15H,5-8,10H2,1-4H3,(H,22,27)(H,24,28)(H,26,29)/t14-,15?,21?/m0/s1. The summed E-state index contributed by atoms with van der Waals surface area (Å²) in [5, 5.41) is 9.40. The lowest BCUT2D eigenvalue weighted by Gasteiger charge is -2.42. The number of nitrogens with zero attached hydrogens (tertiary/aromatic N) is 2. The molecule has 1 atom stereocenters. The third-order valence-electron chi connectivity index (χ3n) is 5.89. The van der Waals surface area contributed by atoms with Gasteiger partial charge < -0.3 is 15.4 Å². The smallest absolute Gasteiger partial charge is 0.428 e. The summed E-state index contributed by atoms with van der Waals surface area (Å²) >= 11 is 0. The summed E-state index contributed by atoms with van der Waals surface area (Å²) in [5.41, 5.74) is 5.22. The van der Waals surface area contributed by atoms with Gasteiger partial charge in [-0.1, -0.05) is 0 Å². The molecule has 1 aromatic rings. The lowest BCUT2D eigenvalue weighted by molar-refractivity contribution is -0.139. The minimum Gasteiger partial charge on any atom is -0.435 e. The van der Waals surface area contributed by atoms with E-state index in [0.717, 1.165) is 36.1 Å². The molecule has 2 aliphatic rings. The normalized spacial score (nSPS) is 24.3. The van der Waals surface area contributed by atoms with E-state index in [2.05, 4.69) is 26.1 Å². The average Bonchev–Trinajstić information content (AvgIpc) is 2.70. The highest BCUT2D eigenvalue weighted by atomic mass is 16.6. The van der Waals surface area contributed by atoms with Gasteiger partial charge in [0.15, 0.2) is 5.60 Å². The highest BCUT2D eigenvalue weighted by Crippen LogP contribution is 2.40. The average molecular weight is 415 g/mol. The summed E-state index contributed by atoms with van der Waals surface area (Å²) in [4.78, 5) is 39.5. The first-order chi connectivity index (χ1) is 14.2. The van der Waals surface area contributed by atoms with Crippen LogP contribution in [0.5, 0.6) is 0 Å². The second-order valence-electron chi connectivity index (χ2n) is 8.23. The molecule has 30 heavy (non-hydrogen) atoms. The number of likely N-dealkylation sites (N-methyl/N-ethyl adjacent to an activating group) is 1. The van der Waals surface area contributed by atoms with Gasteiger partial charge >= 0.3 is 17.9 Å². The van der Waals surface area contributed by atoms with Crippen LogP contribution in [0.25, 0.3) is 0 Å². The van der Waals surface area contributed by atoms with Crippen molar-refractivity contribution >= 4 is 23.6 Å². The van der Waals surface area contributed by atoms with Crippen LogP contribution in [0.2, 0.25) is 0 Å². The number of hydrogen-bond donors (Lipinski definition) is 3. The predicted molar refractivity (Wildman–Crippen MR) is 111 cm³/mol. The molecule has 0 unspecified atom stereocenters. The van der Waals surface area contributed by atoms with Gasteiger partial charge in [0.05, 0.1) is 0 Å². The molecule has 3 N–H and O–H groups in total. The summed E-state index contributed by atoms with van der Waals surface area (Å²) in [7, 11) is 1.43. The van der Waals surface area contributed by atoms with E-state index >= 15 is 0 Å². The van der Waals surface area contributed by atoms with E-state index in [1.54, 1.807) is 6.20 Å². The molecule has 0 bridgehead atoms. The van der Waals surface area contributed by atoms with Gasteiger partial charge in [-0.15, -0.1) is 0 Å². The second-order valence-corrected chi connectivity index (χ2v) is 8.23. The zero-order valence-electron chi connectivity index (χ0n) is 17.9. The highest BCUT2D eigenvalue weighted by molar-refractivity contribution is 6.35. The fourth-order valence-corrected chi connectivity index (χ4v) is 4.38. The van der Waals surface area contributed by atoms with Gasteiger partial charge in [0.2, 0.25) is 0 Å². The van der Waals surface area contributed by atoms with E-state index in [1.807, 2.05) is 26.8 Å². The number of carbonyl (C=O) groups excluding carboxylic acids is 3. The molecule has 3 amide bonds. The van der Waals surface area contributed by atoms with Gasteiger partial charge in [-0.3, -0.25) is 14.6 Å². The molecule has 1 aliphatic heterocycles. The molecule has 1 fully saturated rings. The van der Waals surface area contributed by atoms with Crippen molar-refractivity contribution in [3.63, 3.8) is 0 Å². The Morgan fingerprint density at radius 2 is 2.00 bits per heavy atom. The lowest BCUT2D eigenvalue weighted by atomic mass is 9.72. The number of aromatic nitrogens is 1. The molecule has 1 saturated carbocycles. The number of hydrazone groups is 1. The van der Waals surface area contributed by atoms with E-state index in [9.17, 15) is 14.4 Å². The van der Waals surface area contributed by atoms with Gasteiger partial charge in [0.1, 0.15) is 5.71 Å². The molecule has 162 valence electrons.